The van der Waals surface area contributed by atoms with E-state index in [-0.39, 0.29) is 6.10 Å². The summed E-state index contributed by atoms with van der Waals surface area (Å²) in [6, 6.07) is 8.84. The highest BCUT2D eigenvalue weighted by atomic mass is 16.3. The first-order chi connectivity index (χ1) is 10.3. The van der Waals surface area contributed by atoms with Crippen LogP contribution in [0.5, 0.6) is 0 Å². The first-order valence-corrected chi connectivity index (χ1v) is 9.07. The Kier molecular flexibility index (Phi) is 7.29. The molecule has 1 aliphatic rings. The molecule has 0 heterocycles. The van der Waals surface area contributed by atoms with E-state index in [1.807, 2.05) is 0 Å². The molecule has 1 heteroatoms. The van der Waals surface area contributed by atoms with Crippen LogP contribution in [0.25, 0.3) is 0 Å². The molecule has 0 aromatic heterocycles. The van der Waals surface area contributed by atoms with Crippen LogP contribution < -0.4 is 0 Å². The minimum Gasteiger partial charge on any atom is -0.393 e. The van der Waals surface area contributed by atoms with Crippen LogP contribution >= 0.6 is 0 Å². The van der Waals surface area contributed by atoms with Crippen LogP contribution in [-0.4, -0.2) is 11.2 Å². The molecular formula is C20H32O. The minimum atomic E-state index is -0.104. The first kappa shape index (κ1) is 16.5. The van der Waals surface area contributed by atoms with Crippen molar-refractivity contribution in [2.45, 2.75) is 89.6 Å². The Labute approximate surface area is 130 Å². The van der Waals surface area contributed by atoms with Gasteiger partial charge >= 0.3 is 0 Å². The first-order valence-electron chi connectivity index (χ1n) is 9.07. The highest BCUT2D eigenvalue weighted by molar-refractivity contribution is 5.32. The predicted molar refractivity (Wildman–Crippen MR) is 90.7 cm³/mol. The molecule has 2 unspecified atom stereocenters. The Morgan fingerprint density at radius 2 is 1.86 bits per heavy atom. The van der Waals surface area contributed by atoms with Crippen molar-refractivity contribution in [3.63, 3.8) is 0 Å². The summed E-state index contributed by atoms with van der Waals surface area (Å²) >= 11 is 0. The SMILES string of the molecule is CCCCCCCCC(O)CC1CCCc2ccccc21. The summed E-state index contributed by atoms with van der Waals surface area (Å²) in [5, 5.41) is 10.3. The van der Waals surface area contributed by atoms with E-state index in [0.29, 0.717) is 5.92 Å². The van der Waals surface area contributed by atoms with Gasteiger partial charge in [-0.1, -0.05) is 69.7 Å². The standard InChI is InChI=1S/C20H32O/c1-2-3-4-5-6-7-14-19(21)16-18-13-10-12-17-11-8-9-15-20(17)18/h8-9,11,15,18-19,21H,2-7,10,12-14,16H2,1H3. The van der Waals surface area contributed by atoms with Gasteiger partial charge in [-0.3, -0.25) is 0 Å². The molecule has 0 fully saturated rings. The van der Waals surface area contributed by atoms with Gasteiger partial charge in [0.1, 0.15) is 0 Å². The van der Waals surface area contributed by atoms with E-state index in [1.54, 1.807) is 0 Å². The van der Waals surface area contributed by atoms with Crippen molar-refractivity contribution in [1.29, 1.82) is 0 Å². The van der Waals surface area contributed by atoms with Gasteiger partial charge in [-0.05, 0) is 49.1 Å². The van der Waals surface area contributed by atoms with Crippen molar-refractivity contribution in [2.24, 2.45) is 0 Å². The number of aliphatic hydroxyl groups excluding tert-OH is 1. The molecule has 0 bridgehead atoms. The van der Waals surface area contributed by atoms with Crippen LogP contribution in [0.4, 0.5) is 0 Å². The Bertz CT molecular complexity index is 399. The zero-order valence-corrected chi connectivity index (χ0v) is 13.7. The second-order valence-corrected chi connectivity index (χ2v) is 6.73. The third-order valence-corrected chi connectivity index (χ3v) is 4.94. The third-order valence-electron chi connectivity index (χ3n) is 4.94. The molecule has 0 spiro atoms. The summed E-state index contributed by atoms with van der Waals surface area (Å²) in [5.41, 5.74) is 3.02. The zero-order chi connectivity index (χ0) is 14.9. The van der Waals surface area contributed by atoms with Gasteiger partial charge < -0.3 is 5.11 Å². The molecule has 2 atom stereocenters. The number of aliphatic hydroxyl groups is 1. The molecule has 0 saturated carbocycles. The summed E-state index contributed by atoms with van der Waals surface area (Å²) in [7, 11) is 0. The average Bonchev–Trinajstić information content (AvgIpc) is 2.51. The molecule has 1 nitrogen and oxygen atoms in total. The molecule has 1 N–H and O–H groups in total. The van der Waals surface area contributed by atoms with Crippen LogP contribution in [0.15, 0.2) is 24.3 Å². The smallest absolute Gasteiger partial charge is 0.0546 e. The fourth-order valence-corrected chi connectivity index (χ4v) is 3.71. The fourth-order valence-electron chi connectivity index (χ4n) is 3.71. The molecule has 1 aliphatic carbocycles. The maximum absolute atomic E-state index is 10.3. The Morgan fingerprint density at radius 1 is 1.10 bits per heavy atom. The number of benzene rings is 1. The van der Waals surface area contributed by atoms with Crippen LogP contribution in [0.1, 0.15) is 88.2 Å². The van der Waals surface area contributed by atoms with E-state index in [1.165, 1.54) is 68.9 Å². The number of hydrogen-bond donors (Lipinski definition) is 1. The fraction of sp³-hybridized carbons (Fsp3) is 0.700. The van der Waals surface area contributed by atoms with Gasteiger partial charge in [-0.25, -0.2) is 0 Å². The van der Waals surface area contributed by atoms with E-state index < -0.39 is 0 Å². The van der Waals surface area contributed by atoms with E-state index in [4.69, 9.17) is 0 Å². The normalized spacial score (nSPS) is 19.2. The van der Waals surface area contributed by atoms with Crippen molar-refractivity contribution in [2.75, 3.05) is 0 Å². The van der Waals surface area contributed by atoms with Gasteiger partial charge in [-0.2, -0.15) is 0 Å². The van der Waals surface area contributed by atoms with E-state index in [2.05, 4.69) is 31.2 Å². The Hall–Kier alpha value is -0.820. The van der Waals surface area contributed by atoms with Crippen molar-refractivity contribution in [1.82, 2.24) is 0 Å². The molecule has 0 radical (unpaired) electrons. The van der Waals surface area contributed by atoms with E-state index in [0.717, 1.165) is 12.8 Å². The maximum atomic E-state index is 10.3. The number of aryl methyl sites for hydroxylation is 1. The lowest BCUT2D eigenvalue weighted by molar-refractivity contribution is 0.139. The average molecular weight is 288 g/mol. The number of rotatable bonds is 9. The van der Waals surface area contributed by atoms with E-state index >= 15 is 0 Å². The van der Waals surface area contributed by atoms with Crippen LogP contribution in [0.2, 0.25) is 0 Å². The van der Waals surface area contributed by atoms with Crippen molar-refractivity contribution >= 4 is 0 Å². The van der Waals surface area contributed by atoms with Crippen molar-refractivity contribution in [3.05, 3.63) is 35.4 Å². The summed E-state index contributed by atoms with van der Waals surface area (Å²) in [6.45, 7) is 2.26. The van der Waals surface area contributed by atoms with Gasteiger partial charge in [0.05, 0.1) is 6.10 Å². The largest absolute Gasteiger partial charge is 0.393 e. The second kappa shape index (κ2) is 9.25. The zero-order valence-electron chi connectivity index (χ0n) is 13.7. The molecule has 1 aromatic carbocycles. The maximum Gasteiger partial charge on any atom is 0.0546 e. The molecule has 0 saturated heterocycles. The number of fused-ring (bicyclic) bond motifs is 1. The van der Waals surface area contributed by atoms with Gasteiger partial charge in [0.15, 0.2) is 0 Å². The Balaban J connectivity index is 1.70. The third kappa shape index (κ3) is 5.47. The molecule has 0 aliphatic heterocycles. The van der Waals surface area contributed by atoms with Crippen LogP contribution in [0, 0.1) is 0 Å². The molecule has 2 rings (SSSR count). The molecular weight excluding hydrogens is 256 g/mol. The van der Waals surface area contributed by atoms with Crippen LogP contribution in [0.3, 0.4) is 0 Å². The van der Waals surface area contributed by atoms with Gasteiger partial charge in [0, 0.05) is 0 Å². The summed E-state index contributed by atoms with van der Waals surface area (Å²) in [5.74, 6) is 0.588. The highest BCUT2D eigenvalue weighted by Gasteiger charge is 2.22. The minimum absolute atomic E-state index is 0.104. The van der Waals surface area contributed by atoms with Gasteiger partial charge in [-0.15, -0.1) is 0 Å². The molecule has 118 valence electrons. The van der Waals surface area contributed by atoms with Crippen LogP contribution in [-0.2, 0) is 6.42 Å². The molecule has 21 heavy (non-hydrogen) atoms. The van der Waals surface area contributed by atoms with Gasteiger partial charge in [0.2, 0.25) is 0 Å². The molecule has 0 amide bonds. The quantitative estimate of drug-likeness (QED) is 0.586. The predicted octanol–water partition coefficient (Wildman–Crippen LogP) is 5.61. The number of unbranched alkanes of at least 4 members (excludes halogenated alkanes) is 5. The lowest BCUT2D eigenvalue weighted by Gasteiger charge is -2.27. The highest BCUT2D eigenvalue weighted by Crippen LogP contribution is 2.35. The summed E-state index contributed by atoms with van der Waals surface area (Å²) < 4.78 is 0. The summed E-state index contributed by atoms with van der Waals surface area (Å²) in [6.07, 6.45) is 13.5. The lowest BCUT2D eigenvalue weighted by atomic mass is 9.79. The second-order valence-electron chi connectivity index (χ2n) is 6.73. The van der Waals surface area contributed by atoms with Gasteiger partial charge in [0.25, 0.3) is 0 Å². The monoisotopic (exact) mass is 288 g/mol. The lowest BCUT2D eigenvalue weighted by Crippen LogP contribution is -2.17. The van der Waals surface area contributed by atoms with E-state index in [9.17, 15) is 5.11 Å². The topological polar surface area (TPSA) is 20.2 Å². The van der Waals surface area contributed by atoms with Crippen molar-refractivity contribution < 1.29 is 5.11 Å². The number of hydrogen-bond acceptors (Lipinski definition) is 1. The van der Waals surface area contributed by atoms with Crippen molar-refractivity contribution in [3.8, 4) is 0 Å². The summed E-state index contributed by atoms with van der Waals surface area (Å²) in [4.78, 5) is 0. The Morgan fingerprint density at radius 3 is 2.71 bits per heavy atom. The molecule has 1 aromatic rings.